The van der Waals surface area contributed by atoms with Gasteiger partial charge in [0.2, 0.25) is 0 Å². The van der Waals surface area contributed by atoms with Gasteiger partial charge >= 0.3 is 0 Å². The normalized spacial score (nSPS) is 11.3. The van der Waals surface area contributed by atoms with Gasteiger partial charge in [-0.1, -0.05) is 0 Å². The molecular formula is C9H15N5O2S2. The zero-order valence-corrected chi connectivity index (χ0v) is 11.5. The molecule has 1 rings (SSSR count). The summed E-state index contributed by atoms with van der Waals surface area (Å²) in [6, 6.07) is 0. The highest BCUT2D eigenvalue weighted by Crippen LogP contribution is 2.16. The van der Waals surface area contributed by atoms with E-state index in [9.17, 15) is 10.1 Å². The van der Waals surface area contributed by atoms with Gasteiger partial charge in [0.05, 0.1) is 10.6 Å². The minimum atomic E-state index is -0.496. The fourth-order valence-electron chi connectivity index (χ4n) is 1.13. The molecule has 1 heterocycles. The Morgan fingerprint density at radius 1 is 1.78 bits per heavy atom. The van der Waals surface area contributed by atoms with Crippen LogP contribution in [0.2, 0.25) is 0 Å². The van der Waals surface area contributed by atoms with Gasteiger partial charge in [0.15, 0.2) is 11.0 Å². The molecule has 0 fully saturated rings. The smallest absolute Gasteiger partial charge is 0.274 e. The van der Waals surface area contributed by atoms with Crippen LogP contribution in [-0.2, 0) is 5.75 Å². The molecule has 100 valence electrons. The summed E-state index contributed by atoms with van der Waals surface area (Å²) in [6.45, 7) is 0.644. The van der Waals surface area contributed by atoms with Crippen molar-refractivity contribution in [1.29, 1.82) is 0 Å². The lowest BCUT2D eigenvalue weighted by molar-refractivity contribution is -0.404. The van der Waals surface area contributed by atoms with Gasteiger partial charge < -0.3 is 16.4 Å². The van der Waals surface area contributed by atoms with Gasteiger partial charge in [0, 0.05) is 30.5 Å². The molecule has 0 aliphatic carbocycles. The Morgan fingerprint density at radius 2 is 2.56 bits per heavy atom. The van der Waals surface area contributed by atoms with Crippen molar-refractivity contribution >= 4 is 28.2 Å². The summed E-state index contributed by atoms with van der Waals surface area (Å²) >= 11 is 3.12. The fraction of sp³-hybridized carbons (Fsp3) is 0.444. The number of nitrogen functional groups attached to an aromatic ring is 1. The van der Waals surface area contributed by atoms with Crippen LogP contribution in [0.25, 0.3) is 0 Å². The van der Waals surface area contributed by atoms with Gasteiger partial charge in [-0.05, 0) is 0 Å². The van der Waals surface area contributed by atoms with E-state index in [0.29, 0.717) is 17.5 Å². The first kappa shape index (κ1) is 14.6. The molecule has 0 spiro atoms. The first-order valence-electron chi connectivity index (χ1n) is 5.16. The Labute approximate surface area is 113 Å². The van der Waals surface area contributed by atoms with E-state index in [4.69, 9.17) is 5.73 Å². The maximum absolute atomic E-state index is 10.3. The summed E-state index contributed by atoms with van der Waals surface area (Å²) in [5, 5.41) is 18.4. The Hall–Kier alpha value is -1.48. The van der Waals surface area contributed by atoms with E-state index in [2.05, 4.69) is 15.6 Å². The van der Waals surface area contributed by atoms with Gasteiger partial charge in [0.25, 0.3) is 6.20 Å². The second kappa shape index (κ2) is 7.77. The van der Waals surface area contributed by atoms with Crippen LogP contribution in [0.3, 0.4) is 0 Å². The number of rotatable bonds is 8. The zero-order chi connectivity index (χ0) is 13.4. The zero-order valence-electron chi connectivity index (χ0n) is 9.88. The van der Waals surface area contributed by atoms with Gasteiger partial charge in [0.1, 0.15) is 0 Å². The SMILES string of the molecule is CN/C(=C/[N+](=O)[O-])NCCSCc1csc(N)n1. The van der Waals surface area contributed by atoms with E-state index >= 15 is 0 Å². The number of aromatic nitrogens is 1. The fourth-order valence-corrected chi connectivity index (χ4v) is 2.54. The maximum Gasteiger partial charge on any atom is 0.274 e. The molecule has 1 aromatic rings. The molecule has 0 aliphatic heterocycles. The van der Waals surface area contributed by atoms with Gasteiger partial charge in [-0.3, -0.25) is 10.1 Å². The highest BCUT2D eigenvalue weighted by atomic mass is 32.2. The second-order valence-electron chi connectivity index (χ2n) is 3.23. The van der Waals surface area contributed by atoms with E-state index < -0.39 is 4.92 Å². The van der Waals surface area contributed by atoms with Crippen LogP contribution < -0.4 is 16.4 Å². The molecular weight excluding hydrogens is 274 g/mol. The molecule has 0 aromatic carbocycles. The van der Waals surface area contributed by atoms with Crippen LogP contribution in [0, 0.1) is 10.1 Å². The van der Waals surface area contributed by atoms with Crippen LogP contribution in [0.1, 0.15) is 5.69 Å². The van der Waals surface area contributed by atoms with Crippen molar-refractivity contribution in [3.05, 3.63) is 33.2 Å². The number of nitrogens with one attached hydrogen (secondary N) is 2. The third-order valence-corrected chi connectivity index (χ3v) is 3.60. The predicted octanol–water partition coefficient (Wildman–Crippen LogP) is 0.843. The third-order valence-electron chi connectivity index (χ3n) is 1.89. The third kappa shape index (κ3) is 5.73. The Balaban J connectivity index is 2.16. The highest BCUT2D eigenvalue weighted by molar-refractivity contribution is 7.98. The van der Waals surface area contributed by atoms with Crippen molar-refractivity contribution in [2.24, 2.45) is 0 Å². The molecule has 7 nitrogen and oxygen atoms in total. The largest absolute Gasteiger partial charge is 0.375 e. The predicted molar refractivity (Wildman–Crippen MR) is 74.8 cm³/mol. The lowest BCUT2D eigenvalue weighted by Crippen LogP contribution is -2.26. The number of nitro groups is 1. The summed E-state index contributed by atoms with van der Waals surface area (Å²) in [5.41, 5.74) is 6.49. The van der Waals surface area contributed by atoms with Crippen molar-refractivity contribution in [2.45, 2.75) is 5.75 Å². The summed E-state index contributed by atoms with van der Waals surface area (Å²) in [5.74, 6) is 2.02. The number of nitrogens with two attached hydrogens (primary N) is 1. The lowest BCUT2D eigenvalue weighted by atomic mass is 10.6. The van der Waals surface area contributed by atoms with Gasteiger partial charge in [-0.15, -0.1) is 11.3 Å². The van der Waals surface area contributed by atoms with E-state index in [1.807, 2.05) is 5.38 Å². The van der Waals surface area contributed by atoms with Crippen molar-refractivity contribution < 1.29 is 4.92 Å². The molecule has 0 aliphatic rings. The summed E-state index contributed by atoms with van der Waals surface area (Å²) in [6.07, 6.45) is 0.909. The van der Waals surface area contributed by atoms with Crippen molar-refractivity contribution in [3.8, 4) is 0 Å². The molecule has 0 atom stereocenters. The first-order chi connectivity index (χ1) is 8.61. The number of thioether (sulfide) groups is 1. The summed E-state index contributed by atoms with van der Waals surface area (Å²) < 4.78 is 0. The Kier molecular flexibility index (Phi) is 6.29. The van der Waals surface area contributed by atoms with Crippen LogP contribution >= 0.6 is 23.1 Å². The number of hydrogen-bond acceptors (Lipinski definition) is 8. The van der Waals surface area contributed by atoms with Gasteiger partial charge in [-0.2, -0.15) is 11.8 Å². The topological polar surface area (TPSA) is 106 Å². The monoisotopic (exact) mass is 289 g/mol. The van der Waals surface area contributed by atoms with Gasteiger partial charge in [-0.25, -0.2) is 4.98 Å². The molecule has 0 amide bonds. The molecule has 9 heteroatoms. The molecule has 0 saturated carbocycles. The summed E-state index contributed by atoms with van der Waals surface area (Å²) in [7, 11) is 1.63. The number of nitrogens with zero attached hydrogens (tertiary/aromatic N) is 2. The van der Waals surface area contributed by atoms with Crippen LogP contribution in [0.4, 0.5) is 5.13 Å². The number of thiazole rings is 1. The van der Waals surface area contributed by atoms with E-state index in [-0.39, 0.29) is 0 Å². The molecule has 0 radical (unpaired) electrons. The van der Waals surface area contributed by atoms with E-state index in [0.717, 1.165) is 23.4 Å². The molecule has 18 heavy (non-hydrogen) atoms. The first-order valence-corrected chi connectivity index (χ1v) is 7.20. The molecule has 0 bridgehead atoms. The Bertz CT molecular complexity index is 421. The van der Waals surface area contributed by atoms with Crippen LogP contribution in [-0.4, -0.2) is 29.3 Å². The average Bonchev–Trinajstić information content (AvgIpc) is 2.72. The summed E-state index contributed by atoms with van der Waals surface area (Å²) in [4.78, 5) is 13.9. The minimum Gasteiger partial charge on any atom is -0.375 e. The highest BCUT2D eigenvalue weighted by Gasteiger charge is 2.01. The Morgan fingerprint density at radius 3 is 3.11 bits per heavy atom. The average molecular weight is 289 g/mol. The van der Waals surface area contributed by atoms with Crippen LogP contribution in [0.15, 0.2) is 17.4 Å². The van der Waals surface area contributed by atoms with Crippen molar-refractivity contribution in [2.75, 3.05) is 25.1 Å². The van der Waals surface area contributed by atoms with Crippen LogP contribution in [0.5, 0.6) is 0 Å². The number of anilines is 1. The number of hydrogen-bond donors (Lipinski definition) is 3. The lowest BCUT2D eigenvalue weighted by Gasteiger charge is -2.06. The second-order valence-corrected chi connectivity index (χ2v) is 5.23. The van der Waals surface area contributed by atoms with Crippen molar-refractivity contribution in [1.82, 2.24) is 15.6 Å². The van der Waals surface area contributed by atoms with E-state index in [1.54, 1.807) is 18.8 Å². The van der Waals surface area contributed by atoms with Crippen molar-refractivity contribution in [3.63, 3.8) is 0 Å². The molecule has 0 unspecified atom stereocenters. The molecule has 0 saturated heterocycles. The van der Waals surface area contributed by atoms with E-state index in [1.165, 1.54) is 11.3 Å². The minimum absolute atomic E-state index is 0.401. The molecule has 4 N–H and O–H groups in total. The standard InChI is InChI=1S/C9H15N5O2S2/c1-11-8(4-14(15)16)12-2-3-17-5-7-6-18-9(10)13-7/h4,6,11-12H,2-3,5H2,1H3,(H2,10,13)/b8-4-. The molecule has 1 aromatic heterocycles. The quantitative estimate of drug-likeness (QED) is 0.370. The maximum atomic E-state index is 10.3.